The van der Waals surface area contributed by atoms with Crippen molar-refractivity contribution in [3.05, 3.63) is 82.9 Å². The van der Waals surface area contributed by atoms with Crippen LogP contribution in [-0.4, -0.2) is 54.9 Å². The lowest BCUT2D eigenvalue weighted by atomic mass is 9.73. The van der Waals surface area contributed by atoms with Crippen LogP contribution in [0, 0.1) is 5.41 Å². The Kier molecular flexibility index (Phi) is 5.29. The molecule has 0 saturated heterocycles. The standard InChI is InChI=1S/C23H22N4O5/c24-21(25)13-6-7-15-16(8-13)27-22(26-15)23(11-28)10-14(9-17(29)30)19(31)18(20(23)32)12-4-2-1-3-5-12/h1-8,10,19,28,31-32H,9,11H2,(H3,24,25)(H,26,27)(H,29,30). The van der Waals surface area contributed by atoms with Gasteiger partial charge in [0, 0.05) is 11.1 Å². The highest BCUT2D eigenvalue weighted by atomic mass is 16.4. The largest absolute Gasteiger partial charge is 0.510 e. The van der Waals surface area contributed by atoms with E-state index in [-0.39, 0.29) is 28.6 Å². The molecule has 164 valence electrons. The molecule has 4 rings (SSSR count). The van der Waals surface area contributed by atoms with Crippen molar-refractivity contribution in [1.29, 1.82) is 5.41 Å². The monoisotopic (exact) mass is 434 g/mol. The second-order valence-corrected chi connectivity index (χ2v) is 7.68. The fraction of sp³-hybridized carbons (Fsp3) is 0.174. The van der Waals surface area contributed by atoms with Gasteiger partial charge in [0.15, 0.2) is 0 Å². The Balaban J connectivity index is 1.97. The van der Waals surface area contributed by atoms with E-state index in [4.69, 9.17) is 11.1 Å². The predicted molar refractivity (Wildman–Crippen MR) is 118 cm³/mol. The van der Waals surface area contributed by atoms with Gasteiger partial charge >= 0.3 is 5.97 Å². The van der Waals surface area contributed by atoms with Gasteiger partial charge in [0.05, 0.1) is 24.1 Å². The van der Waals surface area contributed by atoms with Gasteiger partial charge in [0.1, 0.15) is 28.9 Å². The first-order valence-electron chi connectivity index (χ1n) is 9.83. The van der Waals surface area contributed by atoms with Gasteiger partial charge in [-0.2, -0.15) is 0 Å². The summed E-state index contributed by atoms with van der Waals surface area (Å²) in [6.45, 7) is -0.635. The molecule has 0 amide bonds. The highest BCUT2D eigenvalue weighted by Crippen LogP contribution is 2.44. The van der Waals surface area contributed by atoms with Crippen LogP contribution in [0.25, 0.3) is 16.6 Å². The summed E-state index contributed by atoms with van der Waals surface area (Å²) in [4.78, 5) is 19.0. The number of hydrogen-bond acceptors (Lipinski definition) is 6. The second kappa shape index (κ2) is 7.95. The van der Waals surface area contributed by atoms with E-state index in [2.05, 4.69) is 9.97 Å². The van der Waals surface area contributed by atoms with Crippen LogP contribution in [-0.2, 0) is 10.2 Å². The number of aromatic amines is 1. The molecule has 0 spiro atoms. The zero-order valence-electron chi connectivity index (χ0n) is 16.9. The summed E-state index contributed by atoms with van der Waals surface area (Å²) in [5.74, 6) is -1.46. The molecule has 9 nitrogen and oxygen atoms in total. The number of carbonyl (C=O) groups is 1. The lowest BCUT2D eigenvalue weighted by molar-refractivity contribution is -0.136. The molecule has 9 heteroatoms. The van der Waals surface area contributed by atoms with Gasteiger partial charge in [0.2, 0.25) is 0 Å². The minimum atomic E-state index is -1.61. The third-order valence-electron chi connectivity index (χ3n) is 5.64. The van der Waals surface area contributed by atoms with Crippen molar-refractivity contribution in [1.82, 2.24) is 9.97 Å². The number of aliphatic hydroxyl groups is 3. The number of nitrogen functional groups attached to an aromatic ring is 1. The molecule has 32 heavy (non-hydrogen) atoms. The molecule has 1 heterocycles. The molecule has 0 fully saturated rings. The fourth-order valence-electron chi connectivity index (χ4n) is 4.02. The predicted octanol–water partition coefficient (Wildman–Crippen LogP) is 1.82. The van der Waals surface area contributed by atoms with E-state index in [0.717, 1.165) is 0 Å². The minimum Gasteiger partial charge on any atom is -0.510 e. The molecule has 2 atom stereocenters. The molecule has 1 aliphatic carbocycles. The minimum absolute atomic E-state index is 0.100. The number of nitrogens with two attached hydrogens (primary N) is 1. The summed E-state index contributed by atoms with van der Waals surface area (Å²) in [6, 6.07) is 13.5. The number of rotatable bonds is 6. The van der Waals surface area contributed by atoms with Crippen LogP contribution in [0.2, 0.25) is 0 Å². The number of aliphatic carboxylic acids is 1. The van der Waals surface area contributed by atoms with Crippen LogP contribution in [0.5, 0.6) is 0 Å². The van der Waals surface area contributed by atoms with Crippen molar-refractivity contribution in [2.24, 2.45) is 5.73 Å². The molecule has 8 N–H and O–H groups in total. The Morgan fingerprint density at radius 1 is 1.22 bits per heavy atom. The molecule has 0 bridgehead atoms. The fourth-order valence-corrected chi connectivity index (χ4v) is 4.02. The van der Waals surface area contributed by atoms with Gasteiger partial charge in [-0.25, -0.2) is 4.98 Å². The molecule has 1 aliphatic rings. The number of amidine groups is 1. The smallest absolute Gasteiger partial charge is 0.307 e. The van der Waals surface area contributed by atoms with Crippen molar-refractivity contribution < 1.29 is 25.2 Å². The summed E-state index contributed by atoms with van der Waals surface area (Å²) in [5, 5.41) is 49.7. The number of nitrogens with zero attached hydrogens (tertiary/aromatic N) is 1. The van der Waals surface area contributed by atoms with Crippen molar-refractivity contribution in [3.63, 3.8) is 0 Å². The molecular formula is C23H22N4O5. The first-order valence-corrected chi connectivity index (χ1v) is 9.83. The van der Waals surface area contributed by atoms with Crippen LogP contribution in [0.1, 0.15) is 23.4 Å². The van der Waals surface area contributed by atoms with Crippen LogP contribution in [0.3, 0.4) is 0 Å². The average Bonchev–Trinajstić information content (AvgIpc) is 3.20. The van der Waals surface area contributed by atoms with Gasteiger partial charge in [-0.1, -0.05) is 36.4 Å². The van der Waals surface area contributed by atoms with Crippen LogP contribution in [0.4, 0.5) is 0 Å². The summed E-state index contributed by atoms with van der Waals surface area (Å²) in [7, 11) is 0. The number of hydrogen-bond donors (Lipinski definition) is 7. The molecule has 2 aromatic carbocycles. The van der Waals surface area contributed by atoms with Gasteiger partial charge in [-0.3, -0.25) is 10.2 Å². The number of imidazole rings is 1. The average molecular weight is 434 g/mol. The summed E-state index contributed by atoms with van der Waals surface area (Å²) in [6.07, 6.45) is -0.500. The van der Waals surface area contributed by atoms with Crippen molar-refractivity contribution in [3.8, 4) is 0 Å². The number of aliphatic hydroxyl groups excluding tert-OH is 3. The van der Waals surface area contributed by atoms with E-state index in [1.54, 1.807) is 48.5 Å². The van der Waals surface area contributed by atoms with E-state index in [1.807, 2.05) is 0 Å². The maximum Gasteiger partial charge on any atom is 0.307 e. The highest BCUT2D eigenvalue weighted by molar-refractivity contribution is 5.98. The zero-order chi connectivity index (χ0) is 23.0. The topological polar surface area (TPSA) is 177 Å². The van der Waals surface area contributed by atoms with Crippen LogP contribution < -0.4 is 5.73 Å². The molecular weight excluding hydrogens is 412 g/mol. The molecule has 0 saturated carbocycles. The number of H-pyrrole nitrogens is 1. The SMILES string of the molecule is N=C(N)c1ccc2nc(C3(CO)C=C(CC(=O)O)C(O)C(c4ccccc4)=C3O)[nH]c2c1. The quantitative estimate of drug-likeness (QED) is 0.176. The van der Waals surface area contributed by atoms with Crippen molar-refractivity contribution in [2.75, 3.05) is 6.61 Å². The Hall–Kier alpha value is -3.95. The molecule has 3 aromatic rings. The number of benzene rings is 2. The van der Waals surface area contributed by atoms with Gasteiger partial charge in [-0.05, 0) is 29.3 Å². The zero-order valence-corrected chi connectivity index (χ0v) is 16.9. The molecule has 2 unspecified atom stereocenters. The van der Waals surface area contributed by atoms with E-state index in [9.17, 15) is 25.2 Å². The first-order chi connectivity index (χ1) is 15.3. The highest BCUT2D eigenvalue weighted by Gasteiger charge is 2.45. The molecule has 0 radical (unpaired) electrons. The molecule has 0 aliphatic heterocycles. The number of aromatic nitrogens is 2. The Labute approximate surface area is 182 Å². The van der Waals surface area contributed by atoms with Gasteiger partial charge in [0.25, 0.3) is 0 Å². The van der Waals surface area contributed by atoms with Crippen LogP contribution >= 0.6 is 0 Å². The first kappa shape index (κ1) is 21.3. The lowest BCUT2D eigenvalue weighted by Gasteiger charge is -2.35. The van der Waals surface area contributed by atoms with Gasteiger partial charge in [-0.15, -0.1) is 0 Å². The normalized spacial score (nSPS) is 20.9. The van der Waals surface area contributed by atoms with Gasteiger partial charge < -0.3 is 31.1 Å². The maximum atomic E-state index is 11.5. The number of carboxylic acids is 1. The number of carboxylic acid groups (broad SMARTS) is 1. The summed E-state index contributed by atoms with van der Waals surface area (Å²) < 4.78 is 0. The second-order valence-electron chi connectivity index (χ2n) is 7.68. The van der Waals surface area contributed by atoms with Crippen LogP contribution in [0.15, 0.2) is 65.9 Å². The summed E-state index contributed by atoms with van der Waals surface area (Å²) >= 11 is 0. The Morgan fingerprint density at radius 2 is 1.94 bits per heavy atom. The summed E-state index contributed by atoms with van der Waals surface area (Å²) in [5.41, 5.74) is 6.16. The number of fused-ring (bicyclic) bond motifs is 1. The van der Waals surface area contributed by atoms with E-state index < -0.39 is 30.5 Å². The van der Waals surface area contributed by atoms with E-state index in [0.29, 0.717) is 22.2 Å². The Morgan fingerprint density at radius 3 is 2.56 bits per heavy atom. The van der Waals surface area contributed by atoms with E-state index >= 15 is 0 Å². The van der Waals surface area contributed by atoms with E-state index in [1.165, 1.54) is 6.08 Å². The maximum absolute atomic E-state index is 11.5. The third kappa shape index (κ3) is 3.43. The third-order valence-corrected chi connectivity index (χ3v) is 5.64. The van der Waals surface area contributed by atoms with Crippen molar-refractivity contribution >= 4 is 28.4 Å². The van der Waals surface area contributed by atoms with Crippen molar-refractivity contribution in [2.45, 2.75) is 17.9 Å². The lowest BCUT2D eigenvalue weighted by Crippen LogP contribution is -2.39. The number of nitrogens with one attached hydrogen (secondary N) is 2. The molecule has 1 aromatic heterocycles. The Bertz CT molecular complexity index is 1280.